The van der Waals surface area contributed by atoms with Crippen LogP contribution in [-0.4, -0.2) is 39.9 Å². The summed E-state index contributed by atoms with van der Waals surface area (Å²) < 4.78 is 0. The number of aromatic nitrogens is 2. The molecule has 1 aliphatic rings. The Balaban J connectivity index is 1.56. The molecule has 2 aromatic heterocycles. The van der Waals surface area contributed by atoms with Gasteiger partial charge in [-0.25, -0.2) is 4.98 Å². The summed E-state index contributed by atoms with van der Waals surface area (Å²) in [5.74, 6) is 0.0391. The van der Waals surface area contributed by atoms with Crippen molar-refractivity contribution in [2.24, 2.45) is 0 Å². The van der Waals surface area contributed by atoms with Crippen LogP contribution in [0.5, 0.6) is 0 Å². The monoisotopic (exact) mass is 358 g/mol. The van der Waals surface area contributed by atoms with E-state index < -0.39 is 0 Å². The highest BCUT2D eigenvalue weighted by Gasteiger charge is 2.26. The molecule has 0 radical (unpaired) electrons. The van der Waals surface area contributed by atoms with Crippen LogP contribution in [0.3, 0.4) is 0 Å². The van der Waals surface area contributed by atoms with E-state index in [1.165, 1.54) is 9.88 Å². The molecule has 1 amide bonds. The third-order valence-electron chi connectivity index (χ3n) is 4.85. The molecule has 1 N–H and O–H groups in total. The van der Waals surface area contributed by atoms with Gasteiger partial charge in [0.25, 0.3) is 5.91 Å². The molecule has 1 atom stereocenters. The molecule has 25 heavy (non-hydrogen) atoms. The van der Waals surface area contributed by atoms with Gasteiger partial charge < -0.3 is 10.2 Å². The Hall–Kier alpha value is -1.79. The second-order valence-electron chi connectivity index (χ2n) is 6.60. The number of carbonyl (C=O) groups is 1. The molecule has 0 saturated carbocycles. The van der Waals surface area contributed by atoms with E-state index in [2.05, 4.69) is 31.1 Å². The minimum absolute atomic E-state index is 0.0391. The number of amides is 1. The average molecular weight is 359 g/mol. The molecule has 5 nitrogen and oxygen atoms in total. The smallest absolute Gasteiger partial charge is 0.272 e. The highest BCUT2D eigenvalue weighted by Crippen LogP contribution is 2.26. The van der Waals surface area contributed by atoms with Gasteiger partial charge >= 0.3 is 0 Å². The van der Waals surface area contributed by atoms with Gasteiger partial charge in [0, 0.05) is 30.2 Å². The molecule has 2 aromatic rings. The summed E-state index contributed by atoms with van der Waals surface area (Å²) in [5.41, 5.74) is 1.67. The molecule has 0 unspecified atom stereocenters. The van der Waals surface area contributed by atoms with E-state index in [4.69, 9.17) is 4.98 Å². The van der Waals surface area contributed by atoms with Crippen LogP contribution in [0.2, 0.25) is 0 Å². The number of hydrogen-bond acceptors (Lipinski definition) is 5. The van der Waals surface area contributed by atoms with Crippen molar-refractivity contribution in [2.75, 3.05) is 13.1 Å². The fourth-order valence-electron chi connectivity index (χ4n) is 3.20. The highest BCUT2D eigenvalue weighted by molar-refractivity contribution is 7.11. The normalized spacial score (nSPS) is 16.8. The van der Waals surface area contributed by atoms with Crippen molar-refractivity contribution >= 4 is 17.2 Å². The molecule has 0 aromatic carbocycles. The number of thiazole rings is 1. The fraction of sp³-hybridized carbons (Fsp3) is 0.526. The van der Waals surface area contributed by atoms with Crippen LogP contribution in [0.1, 0.15) is 58.3 Å². The van der Waals surface area contributed by atoms with Crippen molar-refractivity contribution < 1.29 is 4.79 Å². The van der Waals surface area contributed by atoms with Crippen LogP contribution in [0, 0.1) is 13.8 Å². The Labute approximate surface area is 153 Å². The SMILES string of the molecule is CC[C@H](NC1CCN(C(=O)c2ccccn2)CC1)c1nc(C)c(C)s1. The van der Waals surface area contributed by atoms with Gasteiger partial charge in [-0.15, -0.1) is 11.3 Å². The predicted octanol–water partition coefficient (Wildman–Crippen LogP) is 3.50. The van der Waals surface area contributed by atoms with Crippen molar-refractivity contribution in [1.82, 2.24) is 20.2 Å². The van der Waals surface area contributed by atoms with Crippen LogP contribution < -0.4 is 5.32 Å². The zero-order chi connectivity index (χ0) is 17.8. The number of nitrogens with zero attached hydrogens (tertiary/aromatic N) is 3. The van der Waals surface area contributed by atoms with Crippen molar-refractivity contribution in [3.8, 4) is 0 Å². The number of hydrogen-bond donors (Lipinski definition) is 1. The molecule has 0 bridgehead atoms. The first-order valence-electron chi connectivity index (χ1n) is 8.98. The largest absolute Gasteiger partial charge is 0.337 e. The van der Waals surface area contributed by atoms with E-state index in [0.29, 0.717) is 17.8 Å². The van der Waals surface area contributed by atoms with Crippen molar-refractivity contribution in [3.05, 3.63) is 45.7 Å². The Kier molecular flexibility index (Phi) is 5.81. The fourth-order valence-corrected chi connectivity index (χ4v) is 4.26. The minimum Gasteiger partial charge on any atom is -0.337 e. The van der Waals surface area contributed by atoms with Crippen LogP contribution in [0.15, 0.2) is 24.4 Å². The molecule has 6 heteroatoms. The Bertz CT molecular complexity index is 688. The van der Waals surface area contributed by atoms with Gasteiger partial charge in [0.2, 0.25) is 0 Å². The Morgan fingerprint density at radius 1 is 1.36 bits per heavy atom. The maximum atomic E-state index is 12.5. The Morgan fingerprint density at radius 2 is 2.12 bits per heavy atom. The molecule has 1 aliphatic heterocycles. The second-order valence-corrected chi connectivity index (χ2v) is 7.84. The van der Waals surface area contributed by atoms with Crippen LogP contribution in [0.25, 0.3) is 0 Å². The van der Waals surface area contributed by atoms with E-state index in [-0.39, 0.29) is 5.91 Å². The molecular formula is C19H26N4OS. The summed E-state index contributed by atoms with van der Waals surface area (Å²) in [6.07, 6.45) is 4.64. The number of piperidine rings is 1. The summed E-state index contributed by atoms with van der Waals surface area (Å²) in [6, 6.07) is 6.22. The van der Waals surface area contributed by atoms with Crippen LogP contribution >= 0.6 is 11.3 Å². The van der Waals surface area contributed by atoms with Crippen molar-refractivity contribution in [1.29, 1.82) is 0 Å². The zero-order valence-electron chi connectivity index (χ0n) is 15.2. The molecule has 1 fully saturated rings. The average Bonchev–Trinajstić information content (AvgIpc) is 2.99. The van der Waals surface area contributed by atoms with Crippen LogP contribution in [0.4, 0.5) is 0 Å². The predicted molar refractivity (Wildman–Crippen MR) is 101 cm³/mol. The van der Waals surface area contributed by atoms with E-state index in [1.807, 2.05) is 17.0 Å². The van der Waals surface area contributed by atoms with Gasteiger partial charge in [0.1, 0.15) is 10.7 Å². The first kappa shape index (κ1) is 18.0. The molecule has 134 valence electrons. The maximum absolute atomic E-state index is 12.5. The molecule has 3 heterocycles. The van der Waals surface area contributed by atoms with E-state index in [0.717, 1.165) is 38.0 Å². The zero-order valence-corrected chi connectivity index (χ0v) is 16.0. The summed E-state index contributed by atoms with van der Waals surface area (Å²) in [4.78, 5) is 24.6. The quantitative estimate of drug-likeness (QED) is 0.889. The minimum atomic E-state index is 0.0391. The van der Waals surface area contributed by atoms with E-state index in [1.54, 1.807) is 23.6 Å². The lowest BCUT2D eigenvalue weighted by Crippen LogP contribution is -2.45. The van der Waals surface area contributed by atoms with Gasteiger partial charge in [-0.1, -0.05) is 13.0 Å². The number of carbonyl (C=O) groups excluding carboxylic acids is 1. The molecule has 1 saturated heterocycles. The van der Waals surface area contributed by atoms with Gasteiger partial charge in [-0.2, -0.15) is 0 Å². The second kappa shape index (κ2) is 8.06. The number of rotatable bonds is 5. The first-order valence-corrected chi connectivity index (χ1v) is 9.80. The van der Waals surface area contributed by atoms with Crippen molar-refractivity contribution in [3.63, 3.8) is 0 Å². The number of nitrogens with one attached hydrogen (secondary N) is 1. The lowest BCUT2D eigenvalue weighted by molar-refractivity contribution is 0.0695. The summed E-state index contributed by atoms with van der Waals surface area (Å²) in [6.45, 7) is 7.96. The topological polar surface area (TPSA) is 58.1 Å². The molecular weight excluding hydrogens is 332 g/mol. The lowest BCUT2D eigenvalue weighted by atomic mass is 10.0. The van der Waals surface area contributed by atoms with E-state index >= 15 is 0 Å². The van der Waals surface area contributed by atoms with Gasteiger partial charge in [0.15, 0.2) is 0 Å². The third-order valence-corrected chi connectivity index (χ3v) is 6.04. The Morgan fingerprint density at radius 3 is 2.68 bits per heavy atom. The van der Waals surface area contributed by atoms with Gasteiger partial charge in [-0.05, 0) is 45.2 Å². The lowest BCUT2D eigenvalue weighted by Gasteiger charge is -2.34. The van der Waals surface area contributed by atoms with Gasteiger partial charge in [-0.3, -0.25) is 9.78 Å². The molecule has 3 rings (SSSR count). The first-order chi connectivity index (χ1) is 12.1. The number of likely N-dealkylation sites (tertiary alicyclic amines) is 1. The molecule has 0 spiro atoms. The molecule has 0 aliphatic carbocycles. The van der Waals surface area contributed by atoms with Crippen LogP contribution in [-0.2, 0) is 0 Å². The maximum Gasteiger partial charge on any atom is 0.272 e. The van der Waals surface area contributed by atoms with Gasteiger partial charge in [0.05, 0.1) is 11.7 Å². The number of pyridine rings is 1. The third kappa shape index (κ3) is 4.25. The summed E-state index contributed by atoms with van der Waals surface area (Å²) >= 11 is 1.79. The van der Waals surface area contributed by atoms with Crippen molar-refractivity contribution in [2.45, 2.75) is 52.1 Å². The number of aryl methyl sites for hydroxylation is 2. The standard InChI is InChI=1S/C19H26N4OS/c1-4-16(18-21-13(2)14(3)25-18)22-15-8-11-23(12-9-15)19(24)17-7-5-6-10-20-17/h5-7,10,15-16,22H,4,8-9,11-12H2,1-3H3/t16-/m0/s1. The summed E-state index contributed by atoms with van der Waals surface area (Å²) in [7, 11) is 0. The highest BCUT2D eigenvalue weighted by atomic mass is 32.1. The summed E-state index contributed by atoms with van der Waals surface area (Å²) in [5, 5.41) is 4.94. The van der Waals surface area contributed by atoms with E-state index in [9.17, 15) is 4.79 Å².